The molecule has 0 saturated carbocycles. The Morgan fingerprint density at radius 2 is 1.72 bits per heavy atom. The van der Waals surface area contributed by atoms with E-state index in [-0.39, 0.29) is 27.9 Å². The van der Waals surface area contributed by atoms with E-state index in [2.05, 4.69) is 21.9 Å². The van der Waals surface area contributed by atoms with Crippen molar-refractivity contribution in [1.29, 1.82) is 0 Å². The maximum absolute atomic E-state index is 13.1. The lowest BCUT2D eigenvalue weighted by molar-refractivity contribution is 0.189. The first-order valence-electron chi connectivity index (χ1n) is 10.0. The highest BCUT2D eigenvalue weighted by atomic mass is 32.2. The highest BCUT2D eigenvalue weighted by Crippen LogP contribution is 2.35. The van der Waals surface area contributed by atoms with E-state index in [1.807, 2.05) is 0 Å². The van der Waals surface area contributed by atoms with Gasteiger partial charge in [-0.3, -0.25) is 19.6 Å². The highest BCUT2D eigenvalue weighted by molar-refractivity contribution is 7.91. The molecular weight excluding hydrogens is 459 g/mol. The molecule has 0 atom stereocenters. The van der Waals surface area contributed by atoms with Gasteiger partial charge >= 0.3 is 7.82 Å². The number of phosphoric acid groups is 1. The number of hydrogen-bond donors (Lipinski definition) is 4. The standard InChI is InChI=1S/C20H25N2O8PS/c1-2-3-9-29-22-14-5-7-18-16(12-14)20(23)17-13-15(6-8-19(17)21-18)32(27,28)11-4-10-30-31(24,25)26/h5-8,12-13,22H,2-4,9-11H2,1H3,(H,21,23)(H2,24,25,26). The fourth-order valence-electron chi connectivity index (χ4n) is 3.11. The number of hydrogen-bond acceptors (Lipinski definition) is 7. The van der Waals surface area contributed by atoms with Crippen molar-refractivity contribution < 1.29 is 32.1 Å². The number of nitrogens with one attached hydrogen (secondary N) is 2. The Morgan fingerprint density at radius 3 is 2.41 bits per heavy atom. The van der Waals surface area contributed by atoms with Crippen LogP contribution in [0.3, 0.4) is 0 Å². The Morgan fingerprint density at radius 1 is 1.03 bits per heavy atom. The molecule has 0 fully saturated rings. The van der Waals surface area contributed by atoms with Gasteiger partial charge in [0.2, 0.25) is 0 Å². The summed E-state index contributed by atoms with van der Waals surface area (Å²) in [5, 5.41) is 0.597. The maximum atomic E-state index is 13.1. The van der Waals surface area contributed by atoms with Crippen LogP contribution in [-0.4, -0.2) is 42.2 Å². The monoisotopic (exact) mass is 484 g/mol. The third-order valence-corrected chi connectivity index (χ3v) is 7.05. The van der Waals surface area contributed by atoms with E-state index in [0.717, 1.165) is 12.8 Å². The number of rotatable bonds is 11. The maximum Gasteiger partial charge on any atom is 0.469 e. The molecule has 0 spiro atoms. The van der Waals surface area contributed by atoms with Crippen LogP contribution in [0.2, 0.25) is 0 Å². The number of sulfone groups is 1. The van der Waals surface area contributed by atoms with E-state index in [0.29, 0.717) is 28.7 Å². The first-order valence-corrected chi connectivity index (χ1v) is 13.2. The number of H-pyrrole nitrogens is 1. The van der Waals surface area contributed by atoms with Crippen molar-refractivity contribution in [3.05, 3.63) is 46.6 Å². The van der Waals surface area contributed by atoms with Gasteiger partial charge in [0.15, 0.2) is 15.3 Å². The molecule has 32 heavy (non-hydrogen) atoms. The Kier molecular flexibility index (Phi) is 7.71. The number of aromatic nitrogens is 1. The van der Waals surface area contributed by atoms with Crippen molar-refractivity contribution in [2.24, 2.45) is 0 Å². The third kappa shape index (κ3) is 6.16. The van der Waals surface area contributed by atoms with Gasteiger partial charge in [-0.1, -0.05) is 13.3 Å². The van der Waals surface area contributed by atoms with Crippen LogP contribution < -0.4 is 10.9 Å². The van der Waals surface area contributed by atoms with Crippen molar-refractivity contribution in [3.63, 3.8) is 0 Å². The van der Waals surface area contributed by atoms with E-state index >= 15 is 0 Å². The minimum Gasteiger partial charge on any atom is -0.354 e. The number of fused-ring (bicyclic) bond motifs is 2. The van der Waals surface area contributed by atoms with E-state index < -0.39 is 24.3 Å². The summed E-state index contributed by atoms with van der Waals surface area (Å²) in [6.45, 7) is 2.18. The van der Waals surface area contributed by atoms with Gasteiger partial charge in [-0.25, -0.2) is 13.0 Å². The summed E-state index contributed by atoms with van der Waals surface area (Å²) < 4.78 is 40.2. The fourth-order valence-corrected chi connectivity index (χ4v) is 4.78. The van der Waals surface area contributed by atoms with Gasteiger partial charge < -0.3 is 14.8 Å². The molecule has 4 N–H and O–H groups in total. The van der Waals surface area contributed by atoms with Crippen molar-refractivity contribution in [2.45, 2.75) is 31.1 Å². The van der Waals surface area contributed by atoms with Crippen LogP contribution in [0.5, 0.6) is 0 Å². The zero-order chi connectivity index (χ0) is 23.4. The zero-order valence-electron chi connectivity index (χ0n) is 17.4. The molecule has 0 radical (unpaired) electrons. The molecule has 0 aliphatic rings. The van der Waals surface area contributed by atoms with Crippen LogP contribution in [0.25, 0.3) is 21.8 Å². The zero-order valence-corrected chi connectivity index (χ0v) is 19.1. The predicted molar refractivity (Wildman–Crippen MR) is 121 cm³/mol. The molecule has 10 nitrogen and oxygen atoms in total. The van der Waals surface area contributed by atoms with Crippen LogP contribution in [0.4, 0.5) is 5.69 Å². The van der Waals surface area contributed by atoms with E-state index in [1.54, 1.807) is 18.2 Å². The summed E-state index contributed by atoms with van der Waals surface area (Å²) in [5.74, 6) is -0.382. The smallest absolute Gasteiger partial charge is 0.354 e. The minimum absolute atomic E-state index is 0.0526. The highest BCUT2D eigenvalue weighted by Gasteiger charge is 2.18. The molecular formula is C20H25N2O8PS. The Labute approximate surface area is 184 Å². The van der Waals surface area contributed by atoms with Gasteiger partial charge in [0.05, 0.1) is 29.5 Å². The topological polar surface area (TPSA) is 155 Å². The number of benzene rings is 2. The number of anilines is 1. The van der Waals surface area contributed by atoms with Crippen LogP contribution in [-0.2, 0) is 23.8 Å². The summed E-state index contributed by atoms with van der Waals surface area (Å²) in [4.78, 5) is 38.9. The van der Waals surface area contributed by atoms with Gasteiger partial charge in [-0.05, 0) is 49.2 Å². The Balaban J connectivity index is 1.87. The largest absolute Gasteiger partial charge is 0.469 e. The first-order chi connectivity index (χ1) is 15.1. The number of pyridine rings is 1. The second-order valence-electron chi connectivity index (χ2n) is 7.22. The van der Waals surface area contributed by atoms with Crippen LogP contribution in [0.1, 0.15) is 26.2 Å². The molecule has 2 aromatic carbocycles. The number of phosphoric ester groups is 1. The lowest BCUT2D eigenvalue weighted by atomic mass is 10.1. The lowest BCUT2D eigenvalue weighted by Gasteiger charge is -2.10. The normalized spacial score (nSPS) is 12.5. The lowest BCUT2D eigenvalue weighted by Crippen LogP contribution is -2.11. The predicted octanol–water partition coefficient (Wildman–Crippen LogP) is 3.10. The van der Waals surface area contributed by atoms with Gasteiger partial charge in [0.25, 0.3) is 0 Å². The van der Waals surface area contributed by atoms with Crippen LogP contribution in [0, 0.1) is 0 Å². The molecule has 0 bridgehead atoms. The fraction of sp³-hybridized carbons (Fsp3) is 0.350. The molecule has 1 aromatic heterocycles. The van der Waals surface area contributed by atoms with Gasteiger partial charge in [0, 0.05) is 21.8 Å². The molecule has 12 heteroatoms. The third-order valence-electron chi connectivity index (χ3n) is 4.74. The Hall–Kier alpha value is -2.27. The average molecular weight is 484 g/mol. The van der Waals surface area contributed by atoms with Crippen molar-refractivity contribution in [3.8, 4) is 0 Å². The molecule has 3 rings (SSSR count). The van der Waals surface area contributed by atoms with Crippen molar-refractivity contribution >= 4 is 45.2 Å². The van der Waals surface area contributed by atoms with Crippen LogP contribution >= 0.6 is 7.82 Å². The van der Waals surface area contributed by atoms with Gasteiger partial charge in [-0.2, -0.15) is 0 Å². The van der Waals surface area contributed by atoms with E-state index in [9.17, 15) is 17.8 Å². The first kappa shape index (κ1) is 24.4. The van der Waals surface area contributed by atoms with Crippen LogP contribution in [0.15, 0.2) is 46.1 Å². The average Bonchev–Trinajstić information content (AvgIpc) is 2.74. The van der Waals surface area contributed by atoms with E-state index in [4.69, 9.17) is 14.6 Å². The molecule has 0 amide bonds. The second kappa shape index (κ2) is 10.1. The summed E-state index contributed by atoms with van der Waals surface area (Å²) >= 11 is 0. The van der Waals surface area contributed by atoms with Crippen molar-refractivity contribution in [1.82, 2.24) is 4.98 Å². The van der Waals surface area contributed by atoms with Crippen molar-refractivity contribution in [2.75, 3.05) is 24.4 Å². The summed E-state index contributed by atoms with van der Waals surface area (Å²) in [5.41, 5.74) is 4.18. The molecule has 174 valence electrons. The van der Waals surface area contributed by atoms with Gasteiger partial charge in [0.1, 0.15) is 0 Å². The number of unbranched alkanes of at least 4 members (excludes halogenated alkanes) is 1. The quantitative estimate of drug-likeness (QED) is 0.139. The second-order valence-corrected chi connectivity index (χ2v) is 10.6. The SMILES string of the molecule is CCCCONc1ccc2[nH]c3ccc(S(=O)(=O)CCCOP(=O)(O)O)cc3c(=O)c2c1. The molecule has 0 aliphatic heterocycles. The summed E-state index contributed by atoms with van der Waals surface area (Å²) in [7, 11) is -8.43. The van der Waals surface area contributed by atoms with E-state index in [1.165, 1.54) is 18.2 Å². The molecule has 0 aliphatic carbocycles. The molecule has 0 saturated heterocycles. The molecule has 3 aromatic rings. The Bertz CT molecular complexity index is 1320. The molecule has 1 heterocycles. The molecule has 0 unspecified atom stereocenters. The number of aromatic amines is 1. The minimum atomic E-state index is -4.65. The van der Waals surface area contributed by atoms with Gasteiger partial charge in [-0.15, -0.1) is 0 Å². The summed E-state index contributed by atoms with van der Waals surface area (Å²) in [6.07, 6.45) is 1.79. The summed E-state index contributed by atoms with van der Waals surface area (Å²) in [6, 6.07) is 9.38.